The molecule has 5 nitrogen and oxygen atoms in total. The normalized spacial score (nSPS) is 25.4. The number of esters is 1. The Kier molecular flexibility index (Phi) is 3.78. The molecule has 2 heterocycles. The minimum atomic E-state index is -0.153. The van der Waals surface area contributed by atoms with Crippen molar-refractivity contribution < 1.29 is 19.0 Å². The molecule has 2 aliphatic rings. The number of ether oxygens (including phenoxy) is 3. The Morgan fingerprint density at radius 3 is 3.00 bits per heavy atom. The average molecular weight is 277 g/mol. The number of fused-ring (bicyclic) bond motifs is 1. The Balaban J connectivity index is 1.63. The van der Waals surface area contributed by atoms with Crippen LogP contribution in [0.25, 0.3) is 0 Å². The van der Waals surface area contributed by atoms with Gasteiger partial charge in [0.1, 0.15) is 18.8 Å². The topological polar surface area (TPSA) is 48.0 Å². The van der Waals surface area contributed by atoms with Crippen molar-refractivity contribution in [3.05, 3.63) is 24.3 Å². The summed E-state index contributed by atoms with van der Waals surface area (Å²) in [7, 11) is 1.44. The molecule has 2 aliphatic heterocycles. The monoisotopic (exact) mass is 277 g/mol. The molecule has 1 fully saturated rings. The van der Waals surface area contributed by atoms with Gasteiger partial charge in [-0.25, -0.2) is 0 Å². The standard InChI is InChI=1S/C15H19NO4/c1-18-15(17)12-5-4-8-16(12)9-11-10-19-13-6-2-3-7-14(13)20-11/h2-3,6-7,11-12H,4-5,8-10H2,1H3. The van der Waals surface area contributed by atoms with Crippen molar-refractivity contribution in [2.45, 2.75) is 25.0 Å². The van der Waals surface area contributed by atoms with Crippen LogP contribution in [-0.2, 0) is 9.53 Å². The van der Waals surface area contributed by atoms with Gasteiger partial charge in [0.2, 0.25) is 0 Å². The van der Waals surface area contributed by atoms with E-state index in [-0.39, 0.29) is 18.1 Å². The zero-order chi connectivity index (χ0) is 13.9. The maximum absolute atomic E-state index is 11.7. The van der Waals surface area contributed by atoms with Crippen molar-refractivity contribution in [2.24, 2.45) is 0 Å². The van der Waals surface area contributed by atoms with E-state index in [2.05, 4.69) is 4.90 Å². The van der Waals surface area contributed by atoms with Gasteiger partial charge in [-0.2, -0.15) is 0 Å². The molecule has 0 bridgehead atoms. The Labute approximate surface area is 118 Å². The molecule has 2 unspecified atom stereocenters. The van der Waals surface area contributed by atoms with Gasteiger partial charge in [-0.15, -0.1) is 0 Å². The highest BCUT2D eigenvalue weighted by Gasteiger charge is 2.34. The molecule has 1 aromatic rings. The number of benzene rings is 1. The molecular weight excluding hydrogens is 258 g/mol. The van der Waals surface area contributed by atoms with Gasteiger partial charge in [0.15, 0.2) is 11.5 Å². The van der Waals surface area contributed by atoms with Crippen LogP contribution in [0.15, 0.2) is 24.3 Å². The summed E-state index contributed by atoms with van der Waals surface area (Å²) in [5, 5.41) is 0. The number of rotatable bonds is 3. The van der Waals surface area contributed by atoms with E-state index in [1.807, 2.05) is 24.3 Å². The number of methoxy groups -OCH3 is 1. The van der Waals surface area contributed by atoms with E-state index in [0.717, 1.165) is 30.9 Å². The molecule has 0 aliphatic carbocycles. The van der Waals surface area contributed by atoms with E-state index < -0.39 is 0 Å². The van der Waals surface area contributed by atoms with Crippen molar-refractivity contribution in [3.8, 4) is 11.5 Å². The number of nitrogens with zero attached hydrogens (tertiary/aromatic N) is 1. The smallest absolute Gasteiger partial charge is 0.323 e. The van der Waals surface area contributed by atoms with Gasteiger partial charge in [-0.3, -0.25) is 9.69 Å². The molecular formula is C15H19NO4. The summed E-state index contributed by atoms with van der Waals surface area (Å²) in [5.41, 5.74) is 0. The highest BCUT2D eigenvalue weighted by atomic mass is 16.6. The Morgan fingerprint density at radius 2 is 2.20 bits per heavy atom. The number of para-hydroxylation sites is 2. The van der Waals surface area contributed by atoms with Gasteiger partial charge >= 0.3 is 5.97 Å². The fraction of sp³-hybridized carbons (Fsp3) is 0.533. The summed E-state index contributed by atoms with van der Waals surface area (Å²) in [6.45, 7) is 2.11. The van der Waals surface area contributed by atoms with Gasteiger partial charge < -0.3 is 14.2 Å². The maximum Gasteiger partial charge on any atom is 0.323 e. The lowest BCUT2D eigenvalue weighted by molar-refractivity contribution is -0.146. The lowest BCUT2D eigenvalue weighted by atomic mass is 10.2. The summed E-state index contributed by atoms with van der Waals surface area (Å²) in [6, 6.07) is 7.52. The summed E-state index contributed by atoms with van der Waals surface area (Å²) < 4.78 is 16.5. The van der Waals surface area contributed by atoms with E-state index in [1.165, 1.54) is 7.11 Å². The van der Waals surface area contributed by atoms with Crippen LogP contribution >= 0.6 is 0 Å². The maximum atomic E-state index is 11.7. The second-order valence-corrected chi connectivity index (χ2v) is 5.17. The molecule has 1 aromatic carbocycles. The molecule has 3 rings (SSSR count). The lowest BCUT2D eigenvalue weighted by Crippen LogP contribution is -2.45. The van der Waals surface area contributed by atoms with Crippen molar-refractivity contribution >= 4 is 5.97 Å². The van der Waals surface area contributed by atoms with E-state index in [0.29, 0.717) is 13.2 Å². The Hall–Kier alpha value is -1.75. The van der Waals surface area contributed by atoms with Crippen molar-refractivity contribution in [1.82, 2.24) is 4.90 Å². The van der Waals surface area contributed by atoms with Crippen LogP contribution in [0.4, 0.5) is 0 Å². The second kappa shape index (κ2) is 5.71. The summed E-state index contributed by atoms with van der Waals surface area (Å²) >= 11 is 0. The molecule has 0 spiro atoms. The molecule has 5 heteroatoms. The summed E-state index contributed by atoms with van der Waals surface area (Å²) in [4.78, 5) is 13.9. The van der Waals surface area contributed by atoms with E-state index in [1.54, 1.807) is 0 Å². The molecule has 0 aromatic heterocycles. The molecule has 0 N–H and O–H groups in total. The minimum Gasteiger partial charge on any atom is -0.486 e. The van der Waals surface area contributed by atoms with Gasteiger partial charge in [-0.1, -0.05) is 12.1 Å². The summed E-state index contributed by atoms with van der Waals surface area (Å²) in [5.74, 6) is 1.41. The van der Waals surface area contributed by atoms with Crippen LogP contribution in [0.5, 0.6) is 11.5 Å². The van der Waals surface area contributed by atoms with Gasteiger partial charge in [-0.05, 0) is 31.5 Å². The van der Waals surface area contributed by atoms with Crippen molar-refractivity contribution in [3.63, 3.8) is 0 Å². The number of likely N-dealkylation sites (tertiary alicyclic amines) is 1. The number of hydrogen-bond donors (Lipinski definition) is 0. The van der Waals surface area contributed by atoms with Crippen LogP contribution in [-0.4, -0.2) is 49.8 Å². The first-order chi connectivity index (χ1) is 9.78. The third-order valence-electron chi connectivity index (χ3n) is 3.84. The van der Waals surface area contributed by atoms with Crippen LogP contribution in [0.3, 0.4) is 0 Å². The predicted octanol–water partition coefficient (Wildman–Crippen LogP) is 1.46. The number of hydrogen-bond acceptors (Lipinski definition) is 5. The summed E-state index contributed by atoms with van der Waals surface area (Å²) in [6.07, 6.45) is 1.83. The highest BCUT2D eigenvalue weighted by Crippen LogP contribution is 2.31. The first-order valence-electron chi connectivity index (χ1n) is 6.98. The first kappa shape index (κ1) is 13.2. The zero-order valence-electron chi connectivity index (χ0n) is 11.6. The fourth-order valence-electron chi connectivity index (χ4n) is 2.86. The van der Waals surface area contributed by atoms with Gasteiger partial charge in [0, 0.05) is 6.54 Å². The molecule has 0 saturated carbocycles. The molecule has 1 saturated heterocycles. The molecule has 20 heavy (non-hydrogen) atoms. The molecule has 0 radical (unpaired) electrons. The zero-order valence-corrected chi connectivity index (χ0v) is 11.6. The predicted molar refractivity (Wildman–Crippen MR) is 73.0 cm³/mol. The van der Waals surface area contributed by atoms with Crippen molar-refractivity contribution in [1.29, 1.82) is 0 Å². The molecule has 108 valence electrons. The third kappa shape index (κ3) is 2.58. The SMILES string of the molecule is COC(=O)C1CCCN1CC1COc2ccccc2O1. The van der Waals surface area contributed by atoms with Crippen LogP contribution in [0.2, 0.25) is 0 Å². The fourth-order valence-corrected chi connectivity index (χ4v) is 2.86. The van der Waals surface area contributed by atoms with Crippen LogP contribution < -0.4 is 9.47 Å². The molecule has 2 atom stereocenters. The second-order valence-electron chi connectivity index (χ2n) is 5.17. The lowest BCUT2D eigenvalue weighted by Gasteiger charge is -2.31. The van der Waals surface area contributed by atoms with Gasteiger partial charge in [0.25, 0.3) is 0 Å². The van der Waals surface area contributed by atoms with Crippen LogP contribution in [0, 0.1) is 0 Å². The number of carbonyl (C=O) groups is 1. The van der Waals surface area contributed by atoms with Crippen molar-refractivity contribution in [2.75, 3.05) is 26.8 Å². The van der Waals surface area contributed by atoms with Gasteiger partial charge in [0.05, 0.1) is 7.11 Å². The third-order valence-corrected chi connectivity index (χ3v) is 3.84. The largest absolute Gasteiger partial charge is 0.486 e. The molecule has 0 amide bonds. The Morgan fingerprint density at radius 1 is 1.40 bits per heavy atom. The minimum absolute atomic E-state index is 0.0462. The average Bonchev–Trinajstić information content (AvgIpc) is 2.94. The van der Waals surface area contributed by atoms with E-state index >= 15 is 0 Å². The van der Waals surface area contributed by atoms with E-state index in [4.69, 9.17) is 14.2 Å². The highest BCUT2D eigenvalue weighted by molar-refractivity contribution is 5.75. The van der Waals surface area contributed by atoms with Crippen LogP contribution in [0.1, 0.15) is 12.8 Å². The quantitative estimate of drug-likeness (QED) is 0.783. The Bertz CT molecular complexity index is 491. The van der Waals surface area contributed by atoms with E-state index in [9.17, 15) is 4.79 Å². The first-order valence-corrected chi connectivity index (χ1v) is 6.98. The number of carbonyl (C=O) groups excluding carboxylic acids is 1.